The van der Waals surface area contributed by atoms with Crippen LogP contribution in [0, 0.1) is 12.3 Å². The molecule has 0 saturated carbocycles. The van der Waals surface area contributed by atoms with Crippen molar-refractivity contribution in [3.8, 4) is 12.3 Å². The molecule has 0 aliphatic heterocycles. The van der Waals surface area contributed by atoms with E-state index in [1.807, 2.05) is 16.7 Å². The van der Waals surface area contributed by atoms with Gasteiger partial charge in [0.05, 0.1) is 21.7 Å². The first-order chi connectivity index (χ1) is 14.7. The number of hydrogen-bond acceptors (Lipinski definition) is 4. The van der Waals surface area contributed by atoms with Crippen molar-refractivity contribution in [2.24, 2.45) is 4.99 Å². The van der Waals surface area contributed by atoms with Crippen molar-refractivity contribution in [3.63, 3.8) is 0 Å². The fraction of sp³-hybridized carbons (Fsp3) is 0.304. The number of thiazole rings is 1. The van der Waals surface area contributed by atoms with Crippen LogP contribution in [0.25, 0.3) is 10.2 Å². The number of hydrogen-bond donors (Lipinski definition) is 0. The third-order valence-electron chi connectivity index (χ3n) is 5.11. The molecular weight excluding hydrogens is 430 g/mol. The zero-order chi connectivity index (χ0) is 22.8. The number of aromatic nitrogens is 1. The number of amides is 1. The molecule has 0 saturated heterocycles. The van der Waals surface area contributed by atoms with Crippen LogP contribution in [-0.4, -0.2) is 36.3 Å². The van der Waals surface area contributed by atoms with Crippen LogP contribution < -0.4 is 4.80 Å². The van der Waals surface area contributed by atoms with Crippen molar-refractivity contribution in [3.05, 3.63) is 58.4 Å². The van der Waals surface area contributed by atoms with Gasteiger partial charge in [-0.1, -0.05) is 30.2 Å². The highest BCUT2D eigenvalue weighted by Gasteiger charge is 2.23. The van der Waals surface area contributed by atoms with Crippen LogP contribution in [0.4, 0.5) is 0 Å². The number of nitrogens with zero attached hydrogens (tertiary/aromatic N) is 3. The normalized spacial score (nSPS) is 12.6. The van der Waals surface area contributed by atoms with Crippen LogP contribution in [0.1, 0.15) is 36.7 Å². The van der Waals surface area contributed by atoms with Gasteiger partial charge in [-0.3, -0.25) is 4.79 Å². The van der Waals surface area contributed by atoms with E-state index in [0.29, 0.717) is 16.9 Å². The molecular formula is C23H25N3O3S2. The molecule has 0 aliphatic carbocycles. The molecule has 1 aromatic heterocycles. The van der Waals surface area contributed by atoms with Gasteiger partial charge >= 0.3 is 0 Å². The van der Waals surface area contributed by atoms with E-state index in [1.54, 1.807) is 13.8 Å². The number of carbonyl (C=O) groups excluding carboxylic acids is 1. The molecule has 3 aromatic rings. The Morgan fingerprint density at radius 1 is 1.23 bits per heavy atom. The van der Waals surface area contributed by atoms with E-state index >= 15 is 0 Å². The Morgan fingerprint density at radius 2 is 1.90 bits per heavy atom. The highest BCUT2D eigenvalue weighted by atomic mass is 32.2. The quantitative estimate of drug-likeness (QED) is 0.533. The summed E-state index contributed by atoms with van der Waals surface area (Å²) >= 11 is 1.41. The molecule has 8 heteroatoms. The van der Waals surface area contributed by atoms with Crippen LogP contribution in [0.15, 0.2) is 52.4 Å². The first-order valence-corrected chi connectivity index (χ1v) is 12.2. The summed E-state index contributed by atoms with van der Waals surface area (Å²) in [5.41, 5.74) is 2.44. The lowest BCUT2D eigenvalue weighted by Gasteiger charge is -2.20. The molecule has 1 amide bonds. The number of terminal acetylenes is 1. The summed E-state index contributed by atoms with van der Waals surface area (Å²) in [4.78, 5) is 17.7. The Labute approximate surface area is 186 Å². The van der Waals surface area contributed by atoms with Gasteiger partial charge in [0.15, 0.2) is 4.80 Å². The van der Waals surface area contributed by atoms with Crippen LogP contribution in [0.3, 0.4) is 0 Å². The minimum absolute atomic E-state index is 0.136. The molecule has 0 aliphatic rings. The molecule has 0 radical (unpaired) electrons. The van der Waals surface area contributed by atoms with Gasteiger partial charge in [-0.25, -0.2) is 8.42 Å². The Bertz CT molecular complexity index is 1330. The van der Waals surface area contributed by atoms with E-state index in [-0.39, 0.29) is 10.9 Å². The molecule has 162 valence electrons. The largest absolute Gasteiger partial charge is 0.305 e. The maximum atomic E-state index is 12.8. The van der Waals surface area contributed by atoms with Crippen molar-refractivity contribution < 1.29 is 13.2 Å². The molecule has 6 nitrogen and oxygen atoms in total. The summed E-state index contributed by atoms with van der Waals surface area (Å²) in [6.07, 6.45) is 6.44. The SMILES string of the molecule is C#CCn1c(=NC(=O)c2ccc(S(=O)(=O)N(C)C(C)C)cc2)sc2cc(CC)ccc21. The molecule has 3 rings (SSSR count). The molecule has 0 fully saturated rings. The molecule has 0 atom stereocenters. The van der Waals surface area contributed by atoms with Gasteiger partial charge in [0.25, 0.3) is 5.91 Å². The van der Waals surface area contributed by atoms with Crippen LogP contribution in [-0.2, 0) is 23.0 Å². The van der Waals surface area contributed by atoms with Gasteiger partial charge in [0.1, 0.15) is 0 Å². The van der Waals surface area contributed by atoms with Crippen molar-refractivity contribution >= 4 is 37.5 Å². The zero-order valence-electron chi connectivity index (χ0n) is 18.0. The summed E-state index contributed by atoms with van der Waals surface area (Å²) in [5, 5.41) is 0. The van der Waals surface area contributed by atoms with Gasteiger partial charge in [-0.05, 0) is 62.2 Å². The average molecular weight is 456 g/mol. The summed E-state index contributed by atoms with van der Waals surface area (Å²) < 4.78 is 29.4. The highest BCUT2D eigenvalue weighted by Crippen LogP contribution is 2.20. The molecule has 31 heavy (non-hydrogen) atoms. The van der Waals surface area contributed by atoms with Crippen LogP contribution in [0.2, 0.25) is 0 Å². The smallest absolute Gasteiger partial charge is 0.279 e. The number of fused-ring (bicyclic) bond motifs is 1. The number of rotatable bonds is 6. The lowest BCUT2D eigenvalue weighted by atomic mass is 10.2. The van der Waals surface area contributed by atoms with Crippen molar-refractivity contribution in [2.45, 2.75) is 44.7 Å². The highest BCUT2D eigenvalue weighted by molar-refractivity contribution is 7.89. The van der Waals surface area contributed by atoms with Crippen molar-refractivity contribution in [1.29, 1.82) is 0 Å². The van der Waals surface area contributed by atoms with E-state index in [1.165, 1.54) is 52.5 Å². The molecule has 0 unspecified atom stereocenters. The molecule has 0 spiro atoms. The predicted molar refractivity (Wildman–Crippen MR) is 124 cm³/mol. The first kappa shape index (κ1) is 22.9. The summed E-state index contributed by atoms with van der Waals surface area (Å²) in [7, 11) is -2.08. The lowest BCUT2D eigenvalue weighted by molar-refractivity contribution is 0.0998. The molecule has 2 aromatic carbocycles. The topological polar surface area (TPSA) is 71.7 Å². The number of aryl methyl sites for hydroxylation is 1. The van der Waals surface area contributed by atoms with E-state index in [2.05, 4.69) is 23.9 Å². The molecule has 0 N–H and O–H groups in total. The predicted octanol–water partition coefficient (Wildman–Crippen LogP) is 3.67. The monoisotopic (exact) mass is 455 g/mol. The van der Waals surface area contributed by atoms with E-state index < -0.39 is 15.9 Å². The van der Waals surface area contributed by atoms with Gasteiger partial charge < -0.3 is 4.57 Å². The minimum Gasteiger partial charge on any atom is -0.305 e. The van der Waals surface area contributed by atoms with Crippen molar-refractivity contribution in [1.82, 2.24) is 8.87 Å². The van der Waals surface area contributed by atoms with Crippen LogP contribution in [0.5, 0.6) is 0 Å². The zero-order valence-corrected chi connectivity index (χ0v) is 19.6. The third kappa shape index (κ3) is 4.64. The third-order valence-corrected chi connectivity index (χ3v) is 8.20. The Kier molecular flexibility index (Phi) is 6.80. The lowest BCUT2D eigenvalue weighted by Crippen LogP contribution is -2.33. The van der Waals surface area contributed by atoms with Gasteiger partial charge in [-0.15, -0.1) is 6.42 Å². The summed E-state index contributed by atoms with van der Waals surface area (Å²) in [6.45, 7) is 5.99. The maximum absolute atomic E-state index is 12.8. The second-order valence-corrected chi connectivity index (χ2v) is 10.4. The Morgan fingerprint density at radius 3 is 2.48 bits per heavy atom. The molecule has 1 heterocycles. The second kappa shape index (κ2) is 9.18. The molecule has 0 bridgehead atoms. The van der Waals surface area contributed by atoms with E-state index in [9.17, 15) is 13.2 Å². The van der Waals surface area contributed by atoms with Gasteiger partial charge in [0, 0.05) is 18.7 Å². The van der Waals surface area contributed by atoms with Crippen molar-refractivity contribution in [2.75, 3.05) is 7.05 Å². The second-order valence-electron chi connectivity index (χ2n) is 7.39. The summed E-state index contributed by atoms with van der Waals surface area (Å²) in [5.74, 6) is 2.17. The number of benzene rings is 2. The summed E-state index contributed by atoms with van der Waals surface area (Å²) in [6, 6.07) is 11.8. The Balaban J connectivity index is 2.00. The maximum Gasteiger partial charge on any atom is 0.279 e. The fourth-order valence-electron chi connectivity index (χ4n) is 3.03. The minimum atomic E-state index is -3.61. The van der Waals surface area contributed by atoms with Gasteiger partial charge in [-0.2, -0.15) is 9.30 Å². The van der Waals surface area contributed by atoms with E-state index in [4.69, 9.17) is 6.42 Å². The van der Waals surface area contributed by atoms with Crippen LogP contribution >= 0.6 is 11.3 Å². The number of sulfonamides is 1. The average Bonchev–Trinajstić information content (AvgIpc) is 3.09. The Hall–Kier alpha value is -2.73. The first-order valence-electron chi connectivity index (χ1n) is 9.92. The standard InChI is InChI=1S/C23H25N3O3S2/c1-6-14-26-20-13-8-17(7-2)15-21(20)30-23(26)24-22(27)18-9-11-19(12-10-18)31(28,29)25(5)16(3)4/h1,8-13,15-16H,7,14H2,2-5H3. The van der Waals surface area contributed by atoms with Gasteiger partial charge in [0.2, 0.25) is 10.0 Å². The van der Waals surface area contributed by atoms with E-state index in [0.717, 1.165) is 16.6 Å². The fourth-order valence-corrected chi connectivity index (χ4v) is 5.49. The number of carbonyl (C=O) groups is 1.